The molecule has 0 aromatic heterocycles. The molecule has 1 aliphatic heterocycles. The van der Waals surface area contributed by atoms with Crippen LogP contribution in [0.3, 0.4) is 0 Å². The molecule has 4 heteroatoms. The Bertz CT molecular complexity index is 313. The van der Waals surface area contributed by atoms with Crippen molar-refractivity contribution in [2.45, 2.75) is 18.9 Å². The Kier molecular flexibility index (Phi) is 4.35. The van der Waals surface area contributed by atoms with Crippen LogP contribution in [-0.4, -0.2) is 6.54 Å². The Morgan fingerprint density at radius 3 is 2.86 bits per heavy atom. The molecule has 1 saturated heterocycles. The van der Waals surface area contributed by atoms with E-state index in [1.54, 1.807) is 6.07 Å². The van der Waals surface area contributed by atoms with Crippen molar-refractivity contribution >= 4 is 28.3 Å². The first-order valence-corrected chi connectivity index (χ1v) is 5.25. The number of benzene rings is 1. The summed E-state index contributed by atoms with van der Waals surface area (Å²) in [6, 6.07) is 5.66. The van der Waals surface area contributed by atoms with E-state index in [-0.39, 0.29) is 24.3 Å². The monoisotopic (exact) mass is 279 g/mol. The van der Waals surface area contributed by atoms with Gasteiger partial charge in [-0.05, 0) is 41.4 Å². The molecule has 1 aliphatic rings. The first kappa shape index (κ1) is 12.0. The van der Waals surface area contributed by atoms with E-state index in [4.69, 9.17) is 0 Å². The van der Waals surface area contributed by atoms with Crippen LogP contribution in [0.15, 0.2) is 22.7 Å². The van der Waals surface area contributed by atoms with Crippen LogP contribution < -0.4 is 5.32 Å². The number of rotatable bonds is 1. The molecule has 2 rings (SSSR count). The minimum atomic E-state index is -0.123. The van der Waals surface area contributed by atoms with Crippen molar-refractivity contribution in [3.05, 3.63) is 34.1 Å². The third kappa shape index (κ3) is 2.27. The molecule has 1 aromatic carbocycles. The molecule has 0 aliphatic carbocycles. The molecule has 1 N–H and O–H groups in total. The summed E-state index contributed by atoms with van der Waals surface area (Å²) in [5, 5.41) is 3.28. The molecule has 0 amide bonds. The Hall–Kier alpha value is -0.120. The van der Waals surface area contributed by atoms with Gasteiger partial charge in [0.15, 0.2) is 0 Å². The zero-order valence-electron chi connectivity index (χ0n) is 7.59. The first-order valence-electron chi connectivity index (χ1n) is 4.46. The zero-order chi connectivity index (χ0) is 9.26. The molecule has 0 saturated carbocycles. The van der Waals surface area contributed by atoms with E-state index in [0.29, 0.717) is 4.47 Å². The van der Waals surface area contributed by atoms with Crippen LogP contribution in [0.4, 0.5) is 4.39 Å². The second-order valence-electron chi connectivity index (χ2n) is 3.29. The highest BCUT2D eigenvalue weighted by atomic mass is 79.9. The van der Waals surface area contributed by atoms with Crippen molar-refractivity contribution in [1.82, 2.24) is 5.32 Å². The lowest BCUT2D eigenvalue weighted by Crippen LogP contribution is -2.14. The van der Waals surface area contributed by atoms with Gasteiger partial charge in [0.25, 0.3) is 0 Å². The summed E-state index contributed by atoms with van der Waals surface area (Å²) in [5.41, 5.74) is 0.784. The molecule has 1 atom stereocenters. The van der Waals surface area contributed by atoms with Crippen molar-refractivity contribution < 1.29 is 4.39 Å². The maximum Gasteiger partial charge on any atom is 0.142 e. The maximum atomic E-state index is 13.6. The van der Waals surface area contributed by atoms with Crippen LogP contribution in [0.2, 0.25) is 0 Å². The minimum Gasteiger partial charge on any atom is -0.310 e. The summed E-state index contributed by atoms with van der Waals surface area (Å²) in [4.78, 5) is 0. The molecule has 0 radical (unpaired) electrons. The Morgan fingerprint density at radius 1 is 1.43 bits per heavy atom. The van der Waals surface area contributed by atoms with Crippen LogP contribution in [0, 0.1) is 5.82 Å². The molecule has 78 valence electrons. The fourth-order valence-electron chi connectivity index (χ4n) is 1.74. The highest BCUT2D eigenvalue weighted by Gasteiger charge is 2.20. The topological polar surface area (TPSA) is 12.0 Å². The summed E-state index contributed by atoms with van der Waals surface area (Å²) >= 11 is 3.19. The Labute approximate surface area is 97.6 Å². The van der Waals surface area contributed by atoms with Crippen molar-refractivity contribution in [2.75, 3.05) is 6.54 Å². The average Bonchev–Trinajstić information content (AvgIpc) is 2.62. The minimum absolute atomic E-state index is 0. The van der Waals surface area contributed by atoms with Crippen molar-refractivity contribution in [1.29, 1.82) is 0 Å². The Morgan fingerprint density at radius 2 is 2.21 bits per heavy atom. The van der Waals surface area contributed by atoms with Gasteiger partial charge in [-0.25, -0.2) is 4.39 Å². The zero-order valence-corrected chi connectivity index (χ0v) is 10.00. The fourth-order valence-corrected chi connectivity index (χ4v) is 2.12. The predicted molar refractivity (Wildman–Crippen MR) is 61.3 cm³/mol. The van der Waals surface area contributed by atoms with Gasteiger partial charge in [-0.3, -0.25) is 0 Å². The molecule has 1 heterocycles. The smallest absolute Gasteiger partial charge is 0.142 e. The lowest BCUT2D eigenvalue weighted by Gasteiger charge is -2.11. The quantitative estimate of drug-likeness (QED) is 0.831. The van der Waals surface area contributed by atoms with Gasteiger partial charge in [-0.15, -0.1) is 12.4 Å². The molecule has 1 fully saturated rings. The van der Waals surface area contributed by atoms with E-state index in [1.807, 2.05) is 12.1 Å². The number of hydrogen-bond acceptors (Lipinski definition) is 1. The van der Waals surface area contributed by atoms with Crippen molar-refractivity contribution in [3.8, 4) is 0 Å². The van der Waals surface area contributed by atoms with E-state index < -0.39 is 0 Å². The van der Waals surface area contributed by atoms with E-state index >= 15 is 0 Å². The summed E-state index contributed by atoms with van der Waals surface area (Å²) < 4.78 is 14.1. The Balaban J connectivity index is 0.000000980. The van der Waals surface area contributed by atoms with Gasteiger partial charge in [0.05, 0.1) is 4.47 Å². The normalized spacial score (nSPS) is 20.6. The predicted octanol–water partition coefficient (Wildman–Crippen LogP) is 3.43. The lowest BCUT2D eigenvalue weighted by molar-refractivity contribution is 0.554. The van der Waals surface area contributed by atoms with Gasteiger partial charge < -0.3 is 5.32 Å². The average molecular weight is 281 g/mol. The number of nitrogens with one attached hydrogen (secondary N) is 1. The summed E-state index contributed by atoms with van der Waals surface area (Å²) in [7, 11) is 0. The van der Waals surface area contributed by atoms with E-state index in [9.17, 15) is 4.39 Å². The van der Waals surface area contributed by atoms with Crippen molar-refractivity contribution in [2.24, 2.45) is 0 Å². The largest absolute Gasteiger partial charge is 0.310 e. The van der Waals surface area contributed by atoms with Gasteiger partial charge in [-0.2, -0.15) is 0 Å². The maximum absolute atomic E-state index is 13.6. The van der Waals surface area contributed by atoms with Crippen LogP contribution in [0.1, 0.15) is 24.4 Å². The van der Waals surface area contributed by atoms with Crippen molar-refractivity contribution in [3.63, 3.8) is 0 Å². The van der Waals surface area contributed by atoms with Gasteiger partial charge in [0, 0.05) is 11.6 Å². The second-order valence-corrected chi connectivity index (χ2v) is 4.15. The molecular weight excluding hydrogens is 268 g/mol. The second kappa shape index (κ2) is 5.10. The number of hydrogen-bond donors (Lipinski definition) is 1. The van der Waals surface area contributed by atoms with Crippen LogP contribution in [0.5, 0.6) is 0 Å². The molecular formula is C10H12BrClFN. The van der Waals surface area contributed by atoms with Gasteiger partial charge in [0.1, 0.15) is 5.82 Å². The SMILES string of the molecule is Cl.Fc1c(Br)cccc1[C@H]1CCCN1. The van der Waals surface area contributed by atoms with E-state index in [2.05, 4.69) is 21.2 Å². The van der Waals surface area contributed by atoms with Crippen LogP contribution in [0.25, 0.3) is 0 Å². The highest BCUT2D eigenvalue weighted by Crippen LogP contribution is 2.28. The summed E-state index contributed by atoms with van der Waals surface area (Å²) in [6.07, 6.45) is 2.17. The first-order chi connectivity index (χ1) is 6.29. The van der Waals surface area contributed by atoms with Crippen LogP contribution in [-0.2, 0) is 0 Å². The van der Waals surface area contributed by atoms with Gasteiger partial charge in [-0.1, -0.05) is 12.1 Å². The van der Waals surface area contributed by atoms with E-state index in [0.717, 1.165) is 24.9 Å². The van der Waals surface area contributed by atoms with Crippen LogP contribution >= 0.6 is 28.3 Å². The molecule has 1 aromatic rings. The lowest BCUT2D eigenvalue weighted by atomic mass is 10.1. The molecule has 1 nitrogen and oxygen atoms in total. The van der Waals surface area contributed by atoms with Gasteiger partial charge in [0.2, 0.25) is 0 Å². The summed E-state index contributed by atoms with van der Waals surface area (Å²) in [5.74, 6) is -0.123. The highest BCUT2D eigenvalue weighted by molar-refractivity contribution is 9.10. The fraction of sp³-hybridized carbons (Fsp3) is 0.400. The molecule has 0 bridgehead atoms. The summed E-state index contributed by atoms with van der Waals surface area (Å²) in [6.45, 7) is 0.997. The molecule has 0 unspecified atom stereocenters. The van der Waals surface area contributed by atoms with E-state index in [1.165, 1.54) is 0 Å². The van der Waals surface area contributed by atoms with Gasteiger partial charge >= 0.3 is 0 Å². The molecule has 0 spiro atoms. The molecule has 14 heavy (non-hydrogen) atoms. The standard InChI is InChI=1S/C10H11BrFN.ClH/c11-8-4-1-3-7(10(8)12)9-5-2-6-13-9;/h1,3-4,9,13H,2,5-6H2;1H/t9-;/m1./s1. The third-order valence-corrected chi connectivity index (χ3v) is 3.03. The third-order valence-electron chi connectivity index (χ3n) is 2.42. The number of halogens is 3.